The minimum Gasteiger partial charge on any atom is -0.363 e. The summed E-state index contributed by atoms with van der Waals surface area (Å²) in [6.07, 6.45) is 4.74. The fourth-order valence-corrected chi connectivity index (χ4v) is 0.289. The molecule has 0 aromatic carbocycles. The molecule has 0 aliphatic heterocycles. The summed E-state index contributed by atoms with van der Waals surface area (Å²) in [7, 11) is 0. The van der Waals surface area contributed by atoms with E-state index in [0.717, 1.165) is 6.92 Å². The molecule has 3 heteroatoms. The molecule has 1 nitrogen and oxygen atoms in total. The van der Waals surface area contributed by atoms with Crippen molar-refractivity contribution >= 4 is 0 Å². The van der Waals surface area contributed by atoms with Gasteiger partial charge in [-0.2, -0.15) is 0 Å². The normalized spacial score (nSPS) is 10.9. The summed E-state index contributed by atoms with van der Waals surface area (Å²) >= 11 is 0. The van der Waals surface area contributed by atoms with Crippen molar-refractivity contribution in [3.63, 3.8) is 0 Å². The van der Waals surface area contributed by atoms with Crippen molar-refractivity contribution in [1.82, 2.24) is 0 Å². The first-order valence-corrected chi connectivity index (χ1v) is 2.45. The Morgan fingerprint density at radius 3 is 2.56 bits per heavy atom. The molecule has 0 N–H and O–H groups in total. The van der Waals surface area contributed by atoms with Gasteiger partial charge in [0.05, 0.1) is 0 Å². The lowest BCUT2D eigenvalue weighted by Gasteiger charge is -2.07. The molecule has 0 amide bonds. The lowest BCUT2D eigenvalue weighted by molar-refractivity contribution is -0.0550. The van der Waals surface area contributed by atoms with Crippen LogP contribution in [0.15, 0.2) is 0 Å². The van der Waals surface area contributed by atoms with E-state index in [-0.39, 0.29) is 6.61 Å². The number of hydrogen-bond donors (Lipinski definition) is 0. The third kappa shape index (κ3) is 7.38. The lowest BCUT2D eigenvalue weighted by atomic mass is 10.4. The Kier molecular flexibility index (Phi) is 3.18. The van der Waals surface area contributed by atoms with Gasteiger partial charge in [0.2, 0.25) is 0 Å². The zero-order valence-electron chi connectivity index (χ0n) is 5.16. The Morgan fingerprint density at radius 2 is 2.22 bits per heavy atom. The third-order valence-corrected chi connectivity index (χ3v) is 0.541. The summed E-state index contributed by atoms with van der Waals surface area (Å²) < 4.78 is 28.1. The molecule has 0 aromatic heterocycles. The van der Waals surface area contributed by atoms with Gasteiger partial charge in [0.25, 0.3) is 5.92 Å². The summed E-state index contributed by atoms with van der Waals surface area (Å²) in [6, 6.07) is 0. The van der Waals surface area contributed by atoms with E-state index in [2.05, 4.69) is 10.7 Å². The van der Waals surface area contributed by atoms with Crippen LogP contribution in [0.3, 0.4) is 0 Å². The maximum Gasteiger partial charge on any atom is 0.268 e. The Balaban J connectivity index is 3.20. The van der Waals surface area contributed by atoms with Crippen molar-refractivity contribution in [2.24, 2.45) is 0 Å². The van der Waals surface area contributed by atoms with Gasteiger partial charge in [-0.3, -0.25) is 0 Å². The van der Waals surface area contributed by atoms with Gasteiger partial charge >= 0.3 is 0 Å². The Morgan fingerprint density at radius 1 is 1.67 bits per heavy atom. The first kappa shape index (κ1) is 8.38. The van der Waals surface area contributed by atoms with Crippen LogP contribution in [0.2, 0.25) is 0 Å². The van der Waals surface area contributed by atoms with E-state index in [1.54, 1.807) is 0 Å². The molecule has 9 heavy (non-hydrogen) atoms. The summed E-state index contributed by atoms with van der Waals surface area (Å²) in [6.45, 7) is 0.129. The first-order valence-electron chi connectivity index (χ1n) is 2.45. The van der Waals surface area contributed by atoms with E-state index in [4.69, 9.17) is 6.42 Å². The number of rotatable bonds is 3. The number of halogens is 2. The molecule has 0 fully saturated rings. The zero-order valence-corrected chi connectivity index (χ0v) is 5.16. The van der Waals surface area contributed by atoms with Crippen molar-refractivity contribution in [3.05, 3.63) is 0 Å². The number of alkyl halides is 2. The molecule has 0 rings (SSSR count). The lowest BCUT2D eigenvalue weighted by Crippen LogP contribution is -2.18. The topological polar surface area (TPSA) is 9.23 Å². The van der Waals surface area contributed by atoms with Gasteiger partial charge in [-0.1, -0.05) is 5.92 Å². The van der Waals surface area contributed by atoms with Crippen LogP contribution in [0.5, 0.6) is 0 Å². The molecule has 0 heterocycles. The minimum absolute atomic E-state index is 0.0522. The Bertz CT molecular complexity index is 109. The fraction of sp³-hybridized carbons (Fsp3) is 0.667. The fourth-order valence-electron chi connectivity index (χ4n) is 0.289. The zero-order chi connectivity index (χ0) is 7.33. The van der Waals surface area contributed by atoms with E-state index < -0.39 is 12.5 Å². The van der Waals surface area contributed by atoms with Crippen LogP contribution < -0.4 is 0 Å². The molecule has 0 bridgehead atoms. The summed E-state index contributed by atoms with van der Waals surface area (Å²) in [5, 5.41) is 0. The summed E-state index contributed by atoms with van der Waals surface area (Å²) in [5.74, 6) is -0.682. The van der Waals surface area contributed by atoms with Crippen molar-refractivity contribution in [2.75, 3.05) is 13.2 Å². The van der Waals surface area contributed by atoms with Gasteiger partial charge in [-0.15, -0.1) is 6.42 Å². The third-order valence-electron chi connectivity index (χ3n) is 0.541. The molecule has 0 radical (unpaired) electrons. The predicted octanol–water partition coefficient (Wildman–Crippen LogP) is 1.29. The highest BCUT2D eigenvalue weighted by Gasteiger charge is 2.20. The average molecular weight is 134 g/mol. The molecular weight excluding hydrogens is 126 g/mol. The van der Waals surface area contributed by atoms with Crippen LogP contribution in [0.25, 0.3) is 0 Å². The second-order valence-corrected chi connectivity index (χ2v) is 1.77. The van der Waals surface area contributed by atoms with Crippen LogP contribution in [-0.4, -0.2) is 19.1 Å². The molecule has 52 valence electrons. The van der Waals surface area contributed by atoms with E-state index in [0.29, 0.717) is 0 Å². The second kappa shape index (κ2) is 3.41. The smallest absolute Gasteiger partial charge is 0.268 e. The molecular formula is C6H8F2O. The molecule has 0 saturated heterocycles. The quantitative estimate of drug-likeness (QED) is 0.417. The largest absolute Gasteiger partial charge is 0.363 e. The van der Waals surface area contributed by atoms with Crippen LogP contribution >= 0.6 is 0 Å². The van der Waals surface area contributed by atoms with E-state index in [1.165, 1.54) is 0 Å². The average Bonchev–Trinajstić information content (AvgIpc) is 1.63. The van der Waals surface area contributed by atoms with Gasteiger partial charge < -0.3 is 4.74 Å². The van der Waals surface area contributed by atoms with E-state index >= 15 is 0 Å². The van der Waals surface area contributed by atoms with Crippen molar-refractivity contribution in [1.29, 1.82) is 0 Å². The van der Waals surface area contributed by atoms with Gasteiger partial charge in [-0.05, 0) is 0 Å². The van der Waals surface area contributed by atoms with Crippen LogP contribution in [0, 0.1) is 12.3 Å². The first-order chi connectivity index (χ1) is 4.06. The predicted molar refractivity (Wildman–Crippen MR) is 30.3 cm³/mol. The van der Waals surface area contributed by atoms with Crippen molar-refractivity contribution in [2.45, 2.75) is 12.8 Å². The number of ether oxygens (including phenoxy) is 1. The highest BCUT2D eigenvalue weighted by atomic mass is 19.3. The maximum absolute atomic E-state index is 11.9. The molecule has 0 spiro atoms. The highest BCUT2D eigenvalue weighted by molar-refractivity contribution is 4.83. The molecule has 0 aliphatic rings. The number of terminal acetylenes is 1. The van der Waals surface area contributed by atoms with E-state index in [1.807, 2.05) is 0 Å². The van der Waals surface area contributed by atoms with Crippen molar-refractivity contribution < 1.29 is 13.5 Å². The number of hydrogen-bond acceptors (Lipinski definition) is 1. The van der Waals surface area contributed by atoms with E-state index in [9.17, 15) is 8.78 Å². The van der Waals surface area contributed by atoms with Gasteiger partial charge in [0, 0.05) is 6.92 Å². The SMILES string of the molecule is C#CCOCC(C)(F)F. The maximum atomic E-state index is 11.9. The summed E-state index contributed by atoms with van der Waals surface area (Å²) in [5.41, 5.74) is 0. The van der Waals surface area contributed by atoms with Gasteiger partial charge in [-0.25, -0.2) is 8.78 Å². The molecule has 0 saturated carbocycles. The van der Waals surface area contributed by atoms with Gasteiger partial charge in [0.1, 0.15) is 13.2 Å². The Hall–Kier alpha value is -0.620. The van der Waals surface area contributed by atoms with Crippen molar-refractivity contribution in [3.8, 4) is 12.3 Å². The van der Waals surface area contributed by atoms with Crippen LogP contribution in [0.4, 0.5) is 8.78 Å². The molecule has 0 aromatic rings. The van der Waals surface area contributed by atoms with Crippen LogP contribution in [-0.2, 0) is 4.74 Å². The summed E-state index contributed by atoms with van der Waals surface area (Å²) in [4.78, 5) is 0. The minimum atomic E-state index is -2.77. The highest BCUT2D eigenvalue weighted by Crippen LogP contribution is 2.10. The Labute approximate surface area is 53.0 Å². The standard InChI is InChI=1S/C6H8F2O/c1-3-4-9-5-6(2,7)8/h1H,4-5H2,2H3. The monoisotopic (exact) mass is 134 g/mol. The second-order valence-electron chi connectivity index (χ2n) is 1.77. The van der Waals surface area contributed by atoms with Crippen LogP contribution in [0.1, 0.15) is 6.92 Å². The van der Waals surface area contributed by atoms with Gasteiger partial charge in [0.15, 0.2) is 0 Å². The molecule has 0 atom stereocenters. The molecule has 0 unspecified atom stereocenters. The molecule has 0 aliphatic carbocycles.